The zero-order chi connectivity index (χ0) is 16.3. The van der Waals surface area contributed by atoms with E-state index in [2.05, 4.69) is 11.8 Å². The molecule has 1 amide bonds. The molecular formula is C16H21F3N2O. The number of benzene rings is 1. The van der Waals surface area contributed by atoms with Crippen molar-refractivity contribution in [1.29, 1.82) is 0 Å². The third kappa shape index (κ3) is 3.54. The summed E-state index contributed by atoms with van der Waals surface area (Å²) in [6.45, 7) is 4.63. The van der Waals surface area contributed by atoms with E-state index >= 15 is 0 Å². The molecule has 0 bridgehead atoms. The van der Waals surface area contributed by atoms with Gasteiger partial charge in [0, 0.05) is 30.5 Å². The zero-order valence-corrected chi connectivity index (χ0v) is 12.9. The molecule has 0 radical (unpaired) electrons. The number of amides is 1. The molecule has 6 heteroatoms. The van der Waals surface area contributed by atoms with Gasteiger partial charge in [-0.05, 0) is 57.4 Å². The molecule has 0 unspecified atom stereocenters. The number of carbonyl (C=O) groups excluding carboxylic acids is 1. The van der Waals surface area contributed by atoms with Crippen molar-refractivity contribution in [3.05, 3.63) is 24.3 Å². The van der Waals surface area contributed by atoms with Crippen LogP contribution >= 0.6 is 0 Å². The molecule has 1 fully saturated rings. The molecule has 0 spiro atoms. The summed E-state index contributed by atoms with van der Waals surface area (Å²) >= 11 is 0. The van der Waals surface area contributed by atoms with E-state index in [0.29, 0.717) is 6.04 Å². The average molecular weight is 314 g/mol. The fourth-order valence-electron chi connectivity index (χ4n) is 2.90. The third-order valence-corrected chi connectivity index (χ3v) is 4.10. The van der Waals surface area contributed by atoms with Crippen LogP contribution in [0.15, 0.2) is 24.3 Å². The number of alkyl halides is 3. The van der Waals surface area contributed by atoms with E-state index in [0.717, 1.165) is 30.0 Å². The molecule has 1 heterocycles. The van der Waals surface area contributed by atoms with Crippen molar-refractivity contribution in [2.45, 2.75) is 45.3 Å². The summed E-state index contributed by atoms with van der Waals surface area (Å²) in [4.78, 5) is 14.4. The summed E-state index contributed by atoms with van der Waals surface area (Å²) in [5.41, 5.74) is 1.27. The van der Waals surface area contributed by atoms with E-state index in [1.54, 1.807) is 24.3 Å². The monoisotopic (exact) mass is 314 g/mol. The smallest absolute Gasteiger partial charge is 0.369 e. The minimum atomic E-state index is -4.85. The molecule has 122 valence electrons. The standard InChI is InChI=1S/C16H21F3N2O/c1-3-20(15(22)16(17,18)19)13-7-9-14(10-8-13)21-11-5-4-6-12(21)2/h7-10,12H,3-6,11H2,1-2H3/t12-/m1/s1. The maximum absolute atomic E-state index is 12.6. The average Bonchev–Trinajstić information content (AvgIpc) is 2.48. The van der Waals surface area contributed by atoms with Gasteiger partial charge in [0.2, 0.25) is 0 Å². The topological polar surface area (TPSA) is 23.6 Å². The van der Waals surface area contributed by atoms with E-state index < -0.39 is 12.1 Å². The molecule has 1 aromatic carbocycles. The van der Waals surface area contributed by atoms with Gasteiger partial charge in [0.05, 0.1) is 0 Å². The predicted molar refractivity (Wildman–Crippen MR) is 81.2 cm³/mol. The second-order valence-electron chi connectivity index (χ2n) is 5.60. The fourth-order valence-corrected chi connectivity index (χ4v) is 2.90. The molecule has 3 nitrogen and oxygen atoms in total. The van der Waals surface area contributed by atoms with Crippen molar-refractivity contribution < 1.29 is 18.0 Å². The molecular weight excluding hydrogens is 293 g/mol. The summed E-state index contributed by atoms with van der Waals surface area (Å²) in [6.07, 6.45) is -1.40. The van der Waals surface area contributed by atoms with Crippen LogP contribution in [-0.2, 0) is 4.79 Å². The maximum Gasteiger partial charge on any atom is 0.471 e. The van der Waals surface area contributed by atoms with Crippen LogP contribution in [0, 0.1) is 0 Å². The van der Waals surface area contributed by atoms with Gasteiger partial charge in [0.15, 0.2) is 0 Å². The van der Waals surface area contributed by atoms with Gasteiger partial charge in [-0.25, -0.2) is 0 Å². The Hall–Kier alpha value is -1.72. The number of nitrogens with zero attached hydrogens (tertiary/aromatic N) is 2. The summed E-state index contributed by atoms with van der Waals surface area (Å²) in [6, 6.07) is 7.19. The van der Waals surface area contributed by atoms with Crippen molar-refractivity contribution in [3.63, 3.8) is 0 Å². The quantitative estimate of drug-likeness (QED) is 0.842. The molecule has 1 aliphatic rings. The van der Waals surface area contributed by atoms with Gasteiger partial charge in [-0.3, -0.25) is 4.79 Å². The van der Waals surface area contributed by atoms with Gasteiger partial charge in [0.25, 0.3) is 0 Å². The number of rotatable bonds is 3. The number of anilines is 2. The molecule has 1 aromatic rings. The van der Waals surface area contributed by atoms with E-state index in [-0.39, 0.29) is 12.2 Å². The first-order valence-electron chi connectivity index (χ1n) is 7.60. The second kappa shape index (κ2) is 6.58. The lowest BCUT2D eigenvalue weighted by molar-refractivity contribution is -0.170. The van der Waals surface area contributed by atoms with E-state index in [4.69, 9.17) is 0 Å². The molecule has 0 aromatic heterocycles. The minimum Gasteiger partial charge on any atom is -0.369 e. The number of halogens is 3. The SMILES string of the molecule is CCN(C(=O)C(F)(F)F)c1ccc(N2CCCC[C@H]2C)cc1. The normalized spacial score (nSPS) is 19.1. The van der Waals surface area contributed by atoms with Crippen molar-refractivity contribution in [3.8, 4) is 0 Å². The first-order chi connectivity index (χ1) is 10.3. The number of hydrogen-bond donors (Lipinski definition) is 0. The van der Waals surface area contributed by atoms with Crippen molar-refractivity contribution in [2.75, 3.05) is 22.9 Å². The highest BCUT2D eigenvalue weighted by Gasteiger charge is 2.42. The Balaban J connectivity index is 2.18. The maximum atomic E-state index is 12.6. The molecule has 0 saturated carbocycles. The van der Waals surface area contributed by atoms with Gasteiger partial charge in [0.1, 0.15) is 0 Å². The molecule has 0 N–H and O–H groups in total. The van der Waals surface area contributed by atoms with Gasteiger partial charge < -0.3 is 9.80 Å². The Kier molecular flexibility index (Phi) is 4.98. The first-order valence-corrected chi connectivity index (χ1v) is 7.60. The number of hydrogen-bond acceptors (Lipinski definition) is 2. The highest BCUT2D eigenvalue weighted by atomic mass is 19.4. The largest absolute Gasteiger partial charge is 0.471 e. The molecule has 2 rings (SSSR count). The highest BCUT2D eigenvalue weighted by Crippen LogP contribution is 2.28. The lowest BCUT2D eigenvalue weighted by atomic mass is 10.0. The minimum absolute atomic E-state index is 0.0161. The fraction of sp³-hybridized carbons (Fsp3) is 0.562. The van der Waals surface area contributed by atoms with E-state index in [9.17, 15) is 18.0 Å². The summed E-state index contributed by atoms with van der Waals surface area (Å²) < 4.78 is 37.8. The first kappa shape index (κ1) is 16.6. The Bertz CT molecular complexity index is 513. The number of carbonyl (C=O) groups is 1. The van der Waals surface area contributed by atoms with Gasteiger partial charge in [-0.15, -0.1) is 0 Å². The number of piperidine rings is 1. The zero-order valence-electron chi connectivity index (χ0n) is 12.9. The van der Waals surface area contributed by atoms with Crippen molar-refractivity contribution in [1.82, 2.24) is 0 Å². The lowest BCUT2D eigenvalue weighted by Crippen LogP contribution is -2.41. The predicted octanol–water partition coefficient (Wildman–Crippen LogP) is 3.98. The van der Waals surface area contributed by atoms with E-state index in [1.165, 1.54) is 13.3 Å². The molecule has 1 saturated heterocycles. The van der Waals surface area contributed by atoms with Crippen LogP contribution in [0.4, 0.5) is 24.5 Å². The summed E-state index contributed by atoms with van der Waals surface area (Å²) in [7, 11) is 0. The summed E-state index contributed by atoms with van der Waals surface area (Å²) in [5, 5.41) is 0. The molecule has 0 aliphatic carbocycles. The van der Waals surface area contributed by atoms with Crippen molar-refractivity contribution in [2.24, 2.45) is 0 Å². The second-order valence-corrected chi connectivity index (χ2v) is 5.60. The van der Waals surface area contributed by atoms with Gasteiger partial charge in [-0.2, -0.15) is 13.2 Å². The van der Waals surface area contributed by atoms with Crippen LogP contribution in [0.3, 0.4) is 0 Å². The van der Waals surface area contributed by atoms with Crippen LogP contribution in [0.2, 0.25) is 0 Å². The highest BCUT2D eigenvalue weighted by molar-refractivity contribution is 5.97. The van der Waals surface area contributed by atoms with Crippen LogP contribution in [-0.4, -0.2) is 31.2 Å². The molecule has 22 heavy (non-hydrogen) atoms. The van der Waals surface area contributed by atoms with Crippen LogP contribution < -0.4 is 9.80 Å². The molecule has 1 atom stereocenters. The Morgan fingerprint density at radius 2 is 1.91 bits per heavy atom. The Labute approximate surface area is 128 Å². The van der Waals surface area contributed by atoms with Crippen LogP contribution in [0.5, 0.6) is 0 Å². The van der Waals surface area contributed by atoms with Crippen molar-refractivity contribution >= 4 is 17.3 Å². The van der Waals surface area contributed by atoms with Crippen LogP contribution in [0.25, 0.3) is 0 Å². The lowest BCUT2D eigenvalue weighted by Gasteiger charge is -2.35. The molecule has 1 aliphatic heterocycles. The third-order valence-electron chi connectivity index (χ3n) is 4.10. The van der Waals surface area contributed by atoms with Crippen LogP contribution in [0.1, 0.15) is 33.1 Å². The Morgan fingerprint density at radius 1 is 1.27 bits per heavy atom. The van der Waals surface area contributed by atoms with Gasteiger partial charge >= 0.3 is 12.1 Å². The Morgan fingerprint density at radius 3 is 2.41 bits per heavy atom. The summed E-state index contributed by atoms with van der Waals surface area (Å²) in [5.74, 6) is -1.82. The van der Waals surface area contributed by atoms with E-state index in [1.807, 2.05) is 0 Å². The van der Waals surface area contributed by atoms with Gasteiger partial charge in [-0.1, -0.05) is 0 Å².